The summed E-state index contributed by atoms with van der Waals surface area (Å²) in [6, 6.07) is 13.4. The lowest BCUT2D eigenvalue weighted by molar-refractivity contribution is -0.126. The number of anilines is 1. The Hall–Kier alpha value is -3.02. The summed E-state index contributed by atoms with van der Waals surface area (Å²) in [7, 11) is 0. The number of nitrogens with one attached hydrogen (secondary N) is 1. The first kappa shape index (κ1) is 18.3. The molecule has 2 aromatic rings. The predicted molar refractivity (Wildman–Crippen MR) is 105 cm³/mol. The number of carbonyl (C=O) groups excluding carboxylic acids is 2. The number of ether oxygens (including phenoxy) is 2. The van der Waals surface area contributed by atoms with E-state index in [9.17, 15) is 9.59 Å². The lowest BCUT2D eigenvalue weighted by Gasteiger charge is -2.19. The number of benzene rings is 2. The van der Waals surface area contributed by atoms with E-state index in [1.54, 1.807) is 4.90 Å². The molecule has 2 amide bonds. The molecule has 0 aromatic heterocycles. The van der Waals surface area contributed by atoms with Crippen LogP contribution in [-0.4, -0.2) is 25.2 Å². The minimum absolute atomic E-state index is 0.0138. The maximum absolute atomic E-state index is 12.7. The van der Waals surface area contributed by atoms with Crippen molar-refractivity contribution in [2.45, 2.75) is 32.7 Å². The van der Waals surface area contributed by atoms with Gasteiger partial charge in [0.15, 0.2) is 11.5 Å². The lowest BCUT2D eigenvalue weighted by Crippen LogP contribution is -2.34. The topological polar surface area (TPSA) is 67.9 Å². The number of aryl methyl sites for hydroxylation is 1. The summed E-state index contributed by atoms with van der Waals surface area (Å²) in [6.07, 6.45) is 1.19. The van der Waals surface area contributed by atoms with Gasteiger partial charge in [-0.15, -0.1) is 0 Å². The van der Waals surface area contributed by atoms with E-state index in [0.717, 1.165) is 17.7 Å². The molecular formula is C22H24N2O4. The maximum atomic E-state index is 12.7. The van der Waals surface area contributed by atoms with Crippen LogP contribution in [0, 0.1) is 5.92 Å². The van der Waals surface area contributed by atoms with Crippen molar-refractivity contribution < 1.29 is 19.1 Å². The van der Waals surface area contributed by atoms with E-state index in [0.29, 0.717) is 18.0 Å². The summed E-state index contributed by atoms with van der Waals surface area (Å²) in [4.78, 5) is 26.9. The van der Waals surface area contributed by atoms with Gasteiger partial charge in [0.2, 0.25) is 18.6 Å². The van der Waals surface area contributed by atoms with Crippen LogP contribution in [-0.2, 0) is 16.0 Å². The summed E-state index contributed by atoms with van der Waals surface area (Å²) in [5, 5.41) is 3.03. The highest BCUT2D eigenvalue weighted by Gasteiger charge is 2.35. The zero-order valence-corrected chi connectivity index (χ0v) is 16.1. The number of fused-ring (bicyclic) bond motifs is 1. The van der Waals surface area contributed by atoms with Crippen molar-refractivity contribution in [3.8, 4) is 11.5 Å². The van der Waals surface area contributed by atoms with Gasteiger partial charge in [0.1, 0.15) is 0 Å². The first-order valence-electron chi connectivity index (χ1n) is 9.64. The second-order valence-electron chi connectivity index (χ2n) is 7.27. The molecule has 1 saturated heterocycles. The summed E-state index contributed by atoms with van der Waals surface area (Å²) in [5.74, 6) is 0.936. The molecule has 1 N–H and O–H groups in total. The SMILES string of the molecule is CCc1ccc(N2CC(C(=O)NC(C)c3ccc4c(c3)OCO4)CC2=O)cc1. The molecule has 2 aliphatic heterocycles. The smallest absolute Gasteiger partial charge is 0.231 e. The van der Waals surface area contributed by atoms with Crippen molar-refractivity contribution in [1.82, 2.24) is 5.32 Å². The molecule has 0 aliphatic carbocycles. The number of carbonyl (C=O) groups is 2. The Morgan fingerprint density at radius 1 is 1.18 bits per heavy atom. The maximum Gasteiger partial charge on any atom is 0.231 e. The first-order chi connectivity index (χ1) is 13.5. The highest BCUT2D eigenvalue weighted by atomic mass is 16.7. The predicted octanol–water partition coefficient (Wildman–Crippen LogP) is 3.21. The van der Waals surface area contributed by atoms with E-state index >= 15 is 0 Å². The average molecular weight is 380 g/mol. The molecule has 0 saturated carbocycles. The molecule has 146 valence electrons. The highest BCUT2D eigenvalue weighted by molar-refractivity contribution is 6.00. The fourth-order valence-corrected chi connectivity index (χ4v) is 3.64. The zero-order chi connectivity index (χ0) is 19.7. The van der Waals surface area contributed by atoms with Crippen molar-refractivity contribution in [1.29, 1.82) is 0 Å². The van der Waals surface area contributed by atoms with Crippen molar-refractivity contribution in [3.05, 3.63) is 53.6 Å². The van der Waals surface area contributed by atoms with Crippen LogP contribution in [0.4, 0.5) is 5.69 Å². The molecule has 2 atom stereocenters. The van der Waals surface area contributed by atoms with Crippen LogP contribution in [0.1, 0.15) is 37.4 Å². The molecule has 2 heterocycles. The molecule has 1 fully saturated rings. The van der Waals surface area contributed by atoms with E-state index in [1.807, 2.05) is 49.4 Å². The third-order valence-corrected chi connectivity index (χ3v) is 5.41. The number of amides is 2. The minimum atomic E-state index is -0.352. The van der Waals surface area contributed by atoms with E-state index in [-0.39, 0.29) is 37.0 Å². The monoisotopic (exact) mass is 380 g/mol. The van der Waals surface area contributed by atoms with Gasteiger partial charge in [0.25, 0.3) is 0 Å². The Labute approximate surface area is 164 Å². The summed E-state index contributed by atoms with van der Waals surface area (Å²) >= 11 is 0. The number of rotatable bonds is 5. The Morgan fingerprint density at radius 2 is 1.93 bits per heavy atom. The van der Waals surface area contributed by atoms with Crippen LogP contribution in [0.3, 0.4) is 0 Å². The van der Waals surface area contributed by atoms with E-state index in [4.69, 9.17) is 9.47 Å². The number of hydrogen-bond donors (Lipinski definition) is 1. The molecular weight excluding hydrogens is 356 g/mol. The second kappa shape index (κ2) is 7.54. The van der Waals surface area contributed by atoms with E-state index in [1.165, 1.54) is 5.56 Å². The van der Waals surface area contributed by atoms with Gasteiger partial charge in [0.05, 0.1) is 12.0 Å². The van der Waals surface area contributed by atoms with Crippen molar-refractivity contribution >= 4 is 17.5 Å². The lowest BCUT2D eigenvalue weighted by atomic mass is 10.0. The van der Waals surface area contributed by atoms with Crippen LogP contribution in [0.25, 0.3) is 0 Å². The summed E-state index contributed by atoms with van der Waals surface area (Å²) in [6.45, 7) is 4.65. The van der Waals surface area contributed by atoms with Gasteiger partial charge in [-0.1, -0.05) is 25.1 Å². The van der Waals surface area contributed by atoms with Crippen molar-refractivity contribution in [2.75, 3.05) is 18.2 Å². The largest absolute Gasteiger partial charge is 0.454 e. The standard InChI is InChI=1S/C22H24N2O4/c1-3-15-4-7-18(8-5-15)24-12-17(11-21(24)25)22(26)23-14(2)16-6-9-19-20(10-16)28-13-27-19/h4-10,14,17H,3,11-13H2,1-2H3,(H,23,26). The molecule has 6 nitrogen and oxygen atoms in total. The molecule has 2 aromatic carbocycles. The quantitative estimate of drug-likeness (QED) is 0.865. The van der Waals surface area contributed by atoms with Gasteiger partial charge in [-0.05, 0) is 48.7 Å². The Balaban J connectivity index is 1.40. The van der Waals surface area contributed by atoms with Gasteiger partial charge in [-0.25, -0.2) is 0 Å². The molecule has 0 spiro atoms. The highest BCUT2D eigenvalue weighted by Crippen LogP contribution is 2.34. The van der Waals surface area contributed by atoms with Gasteiger partial charge in [-0.3, -0.25) is 9.59 Å². The van der Waals surface area contributed by atoms with E-state index in [2.05, 4.69) is 12.2 Å². The van der Waals surface area contributed by atoms with E-state index < -0.39 is 0 Å². The van der Waals surface area contributed by atoms with Crippen LogP contribution in [0.2, 0.25) is 0 Å². The van der Waals surface area contributed by atoms with Gasteiger partial charge in [0, 0.05) is 18.7 Å². The molecule has 4 rings (SSSR count). The van der Waals surface area contributed by atoms with Crippen LogP contribution >= 0.6 is 0 Å². The van der Waals surface area contributed by atoms with Crippen LogP contribution < -0.4 is 19.7 Å². The third kappa shape index (κ3) is 3.54. The molecule has 6 heteroatoms. The van der Waals surface area contributed by atoms with Crippen molar-refractivity contribution in [3.63, 3.8) is 0 Å². The average Bonchev–Trinajstić information content (AvgIpc) is 3.33. The minimum Gasteiger partial charge on any atom is -0.454 e. The molecule has 2 aliphatic rings. The molecule has 2 unspecified atom stereocenters. The third-order valence-electron chi connectivity index (χ3n) is 5.41. The van der Waals surface area contributed by atoms with Gasteiger partial charge < -0.3 is 19.7 Å². The molecule has 0 radical (unpaired) electrons. The summed E-state index contributed by atoms with van der Waals surface area (Å²) in [5.41, 5.74) is 3.01. The Morgan fingerprint density at radius 3 is 2.68 bits per heavy atom. The molecule has 28 heavy (non-hydrogen) atoms. The normalized spacial score (nSPS) is 19.0. The fraction of sp³-hybridized carbons (Fsp3) is 0.364. The van der Waals surface area contributed by atoms with Crippen molar-refractivity contribution in [2.24, 2.45) is 5.92 Å². The first-order valence-corrected chi connectivity index (χ1v) is 9.64. The van der Waals surface area contributed by atoms with Gasteiger partial charge in [-0.2, -0.15) is 0 Å². The number of nitrogens with zero attached hydrogens (tertiary/aromatic N) is 1. The Kier molecular flexibility index (Phi) is 4.94. The Bertz CT molecular complexity index is 894. The molecule has 0 bridgehead atoms. The fourth-order valence-electron chi connectivity index (χ4n) is 3.64. The number of hydrogen-bond acceptors (Lipinski definition) is 4. The van der Waals surface area contributed by atoms with Crippen LogP contribution in [0.5, 0.6) is 11.5 Å². The van der Waals surface area contributed by atoms with Crippen LogP contribution in [0.15, 0.2) is 42.5 Å². The summed E-state index contributed by atoms with van der Waals surface area (Å²) < 4.78 is 10.7. The van der Waals surface area contributed by atoms with Gasteiger partial charge >= 0.3 is 0 Å². The zero-order valence-electron chi connectivity index (χ0n) is 16.1. The second-order valence-corrected chi connectivity index (χ2v) is 7.27.